The van der Waals surface area contributed by atoms with Gasteiger partial charge in [0, 0.05) is 30.3 Å². The number of amides is 2. The van der Waals surface area contributed by atoms with Crippen LogP contribution in [0.25, 0.3) is 0 Å². The molecule has 0 saturated heterocycles. The molecule has 0 heterocycles. The van der Waals surface area contributed by atoms with Crippen molar-refractivity contribution in [1.29, 1.82) is 0 Å². The van der Waals surface area contributed by atoms with E-state index in [4.69, 9.17) is 0 Å². The van der Waals surface area contributed by atoms with Gasteiger partial charge in [0.05, 0.1) is 0 Å². The second kappa shape index (κ2) is 10.2. The number of hydrogen-bond acceptors (Lipinski definition) is 3. The van der Waals surface area contributed by atoms with E-state index in [0.717, 1.165) is 6.42 Å². The predicted molar refractivity (Wildman–Crippen MR) is 88.0 cm³/mol. The van der Waals surface area contributed by atoms with Gasteiger partial charge in [0.2, 0.25) is 5.91 Å². The van der Waals surface area contributed by atoms with Gasteiger partial charge in [-0.1, -0.05) is 13.8 Å². The van der Waals surface area contributed by atoms with Crippen LogP contribution in [0, 0.1) is 5.92 Å². The Labute approximate surface area is 132 Å². The normalized spacial score (nSPS) is 11.2. The first-order valence-electron chi connectivity index (χ1n) is 6.92. The molecule has 0 fully saturated rings. The molecule has 118 valence electrons. The fourth-order valence-electron chi connectivity index (χ4n) is 1.71. The van der Waals surface area contributed by atoms with Crippen molar-refractivity contribution in [3.8, 4) is 0 Å². The van der Waals surface area contributed by atoms with Crippen molar-refractivity contribution in [3.05, 3.63) is 29.8 Å². The fourth-order valence-corrected chi connectivity index (χ4v) is 1.71. The Bertz CT molecular complexity index is 449. The molecule has 0 spiro atoms. The summed E-state index contributed by atoms with van der Waals surface area (Å²) >= 11 is 0. The average molecular weight is 314 g/mol. The van der Waals surface area contributed by atoms with Gasteiger partial charge in [0.15, 0.2) is 0 Å². The van der Waals surface area contributed by atoms with E-state index in [-0.39, 0.29) is 30.1 Å². The van der Waals surface area contributed by atoms with Crippen LogP contribution in [0.4, 0.5) is 5.69 Å². The van der Waals surface area contributed by atoms with Crippen molar-refractivity contribution in [2.75, 3.05) is 25.5 Å². The standard InChI is InChI=1S/C15H23N3O2.ClH/c1-4-9-17-15(20)12-5-7-13(8-6-12)18-14(19)11(2)10-16-3;/h5-8,11,16H,4,9-10H2,1-3H3,(H,17,20)(H,18,19);1H. The molecule has 0 aliphatic heterocycles. The van der Waals surface area contributed by atoms with Gasteiger partial charge >= 0.3 is 0 Å². The maximum Gasteiger partial charge on any atom is 0.251 e. The SMILES string of the molecule is CCCNC(=O)c1ccc(NC(=O)C(C)CNC)cc1.Cl. The van der Waals surface area contributed by atoms with Crippen molar-refractivity contribution < 1.29 is 9.59 Å². The van der Waals surface area contributed by atoms with E-state index in [1.165, 1.54) is 0 Å². The molecular weight excluding hydrogens is 290 g/mol. The minimum Gasteiger partial charge on any atom is -0.352 e. The lowest BCUT2D eigenvalue weighted by molar-refractivity contribution is -0.119. The van der Waals surface area contributed by atoms with Gasteiger partial charge in [-0.05, 0) is 37.7 Å². The summed E-state index contributed by atoms with van der Waals surface area (Å²) in [5, 5.41) is 8.60. The lowest BCUT2D eigenvalue weighted by Crippen LogP contribution is -2.28. The monoisotopic (exact) mass is 313 g/mol. The highest BCUT2D eigenvalue weighted by Crippen LogP contribution is 2.11. The van der Waals surface area contributed by atoms with Crippen molar-refractivity contribution >= 4 is 29.9 Å². The van der Waals surface area contributed by atoms with E-state index >= 15 is 0 Å². The summed E-state index contributed by atoms with van der Waals surface area (Å²) in [6.07, 6.45) is 0.906. The largest absolute Gasteiger partial charge is 0.352 e. The first kappa shape index (κ1) is 19.4. The molecule has 6 heteroatoms. The number of anilines is 1. The van der Waals surface area contributed by atoms with Crippen LogP contribution in [0.5, 0.6) is 0 Å². The highest BCUT2D eigenvalue weighted by Gasteiger charge is 2.12. The summed E-state index contributed by atoms with van der Waals surface area (Å²) in [4.78, 5) is 23.6. The van der Waals surface area contributed by atoms with Crippen LogP contribution in [0.3, 0.4) is 0 Å². The van der Waals surface area contributed by atoms with Gasteiger partial charge in [-0.25, -0.2) is 0 Å². The Morgan fingerprint density at radius 3 is 2.33 bits per heavy atom. The number of halogens is 1. The molecule has 0 saturated carbocycles. The van der Waals surface area contributed by atoms with Gasteiger partial charge in [0.25, 0.3) is 5.91 Å². The summed E-state index contributed by atoms with van der Waals surface area (Å²) in [6, 6.07) is 6.91. The first-order valence-corrected chi connectivity index (χ1v) is 6.92. The number of nitrogens with one attached hydrogen (secondary N) is 3. The van der Waals surface area contributed by atoms with E-state index in [0.29, 0.717) is 24.3 Å². The Balaban J connectivity index is 0.00000400. The smallest absolute Gasteiger partial charge is 0.251 e. The second-order valence-electron chi connectivity index (χ2n) is 4.78. The van der Waals surface area contributed by atoms with Crippen LogP contribution >= 0.6 is 12.4 Å². The summed E-state index contributed by atoms with van der Waals surface area (Å²) in [6.45, 7) is 5.16. The van der Waals surface area contributed by atoms with Gasteiger partial charge in [0.1, 0.15) is 0 Å². The molecule has 3 N–H and O–H groups in total. The molecule has 1 aromatic carbocycles. The number of carbonyl (C=O) groups excluding carboxylic acids is 2. The predicted octanol–water partition coefficient (Wildman–Crippen LogP) is 2.04. The molecule has 0 aliphatic carbocycles. The highest BCUT2D eigenvalue weighted by atomic mass is 35.5. The molecule has 5 nitrogen and oxygen atoms in total. The molecule has 1 aromatic rings. The van der Waals surface area contributed by atoms with Crippen LogP contribution in [-0.4, -0.2) is 32.0 Å². The van der Waals surface area contributed by atoms with Crippen LogP contribution in [0.2, 0.25) is 0 Å². The molecule has 0 aromatic heterocycles. The third-order valence-corrected chi connectivity index (χ3v) is 2.91. The van der Waals surface area contributed by atoms with Gasteiger partial charge < -0.3 is 16.0 Å². The van der Waals surface area contributed by atoms with Crippen molar-refractivity contribution in [3.63, 3.8) is 0 Å². The fraction of sp³-hybridized carbons (Fsp3) is 0.467. The van der Waals surface area contributed by atoms with Crippen LogP contribution in [-0.2, 0) is 4.79 Å². The third kappa shape index (κ3) is 6.60. The Morgan fingerprint density at radius 1 is 1.19 bits per heavy atom. The number of benzene rings is 1. The quantitative estimate of drug-likeness (QED) is 0.721. The molecular formula is C15H24ClN3O2. The van der Waals surface area contributed by atoms with E-state index in [1.807, 2.05) is 20.9 Å². The molecule has 1 unspecified atom stereocenters. The Hall–Kier alpha value is -1.59. The van der Waals surface area contributed by atoms with Crippen LogP contribution in [0.1, 0.15) is 30.6 Å². The van der Waals surface area contributed by atoms with Gasteiger partial charge in [-0.2, -0.15) is 0 Å². The molecule has 2 amide bonds. The second-order valence-corrected chi connectivity index (χ2v) is 4.78. The molecule has 1 atom stereocenters. The van der Waals surface area contributed by atoms with Crippen molar-refractivity contribution in [1.82, 2.24) is 10.6 Å². The molecule has 0 radical (unpaired) electrons. The van der Waals surface area contributed by atoms with Crippen molar-refractivity contribution in [2.24, 2.45) is 5.92 Å². The van der Waals surface area contributed by atoms with E-state index in [9.17, 15) is 9.59 Å². The molecule has 0 bridgehead atoms. The zero-order chi connectivity index (χ0) is 15.0. The van der Waals surface area contributed by atoms with E-state index < -0.39 is 0 Å². The summed E-state index contributed by atoms with van der Waals surface area (Å²) < 4.78 is 0. The molecule has 0 aliphatic rings. The van der Waals surface area contributed by atoms with Crippen molar-refractivity contribution in [2.45, 2.75) is 20.3 Å². The average Bonchev–Trinajstić information content (AvgIpc) is 2.45. The maximum atomic E-state index is 11.8. The lowest BCUT2D eigenvalue weighted by Gasteiger charge is -2.12. The minimum atomic E-state index is -0.104. The number of carbonyl (C=O) groups is 2. The molecule has 1 rings (SSSR count). The van der Waals surface area contributed by atoms with Gasteiger partial charge in [-0.15, -0.1) is 12.4 Å². The summed E-state index contributed by atoms with van der Waals surface area (Å²) in [5.74, 6) is -0.233. The molecule has 21 heavy (non-hydrogen) atoms. The highest BCUT2D eigenvalue weighted by molar-refractivity contribution is 5.96. The first-order chi connectivity index (χ1) is 9.58. The van der Waals surface area contributed by atoms with Gasteiger partial charge in [-0.3, -0.25) is 9.59 Å². The Morgan fingerprint density at radius 2 is 1.81 bits per heavy atom. The van der Waals surface area contributed by atoms with Crippen LogP contribution < -0.4 is 16.0 Å². The topological polar surface area (TPSA) is 70.2 Å². The zero-order valence-electron chi connectivity index (χ0n) is 12.7. The number of rotatable bonds is 7. The minimum absolute atomic E-state index is 0. The zero-order valence-corrected chi connectivity index (χ0v) is 13.5. The summed E-state index contributed by atoms with van der Waals surface area (Å²) in [5.41, 5.74) is 1.30. The Kier molecular flexibility index (Phi) is 9.41. The lowest BCUT2D eigenvalue weighted by atomic mass is 10.1. The van der Waals surface area contributed by atoms with Crippen LogP contribution in [0.15, 0.2) is 24.3 Å². The van der Waals surface area contributed by atoms with E-state index in [1.54, 1.807) is 24.3 Å². The summed E-state index contributed by atoms with van der Waals surface area (Å²) in [7, 11) is 1.81. The third-order valence-electron chi connectivity index (χ3n) is 2.91. The number of hydrogen-bond donors (Lipinski definition) is 3. The maximum absolute atomic E-state index is 11.8. The van der Waals surface area contributed by atoms with E-state index in [2.05, 4.69) is 16.0 Å².